The number of amides is 1. The van der Waals surface area contributed by atoms with Gasteiger partial charge in [0.1, 0.15) is 5.78 Å². The van der Waals surface area contributed by atoms with E-state index in [9.17, 15) is 29.7 Å². The Kier molecular flexibility index (Phi) is 15.5. The summed E-state index contributed by atoms with van der Waals surface area (Å²) < 4.78 is 39.8. The van der Waals surface area contributed by atoms with Crippen molar-refractivity contribution in [2.45, 2.75) is 198 Å². The second kappa shape index (κ2) is 19.8. The van der Waals surface area contributed by atoms with Crippen LogP contribution in [0.2, 0.25) is 0 Å². The molecule has 6 N–H and O–H groups in total. The zero-order chi connectivity index (χ0) is 44.3. The van der Waals surface area contributed by atoms with Crippen molar-refractivity contribution in [3.05, 3.63) is 48.0 Å². The Balaban J connectivity index is 1.21. The maximum Gasteiger partial charge on any atom is 0.408 e. The topological polar surface area (TPSA) is 205 Å². The normalized spacial score (nSPS) is 39.0. The van der Waals surface area contributed by atoms with Crippen LogP contribution in [0.5, 0.6) is 0 Å². The first-order valence-corrected chi connectivity index (χ1v) is 23.0. The van der Waals surface area contributed by atoms with E-state index >= 15 is 0 Å². The number of alkyl carbamates (subject to hydrolysis) is 1. The van der Waals surface area contributed by atoms with E-state index in [0.29, 0.717) is 70.6 Å². The lowest BCUT2D eigenvalue weighted by Gasteiger charge is -2.54. The molecular weight excluding hydrogens is 785 g/mol. The van der Waals surface area contributed by atoms with Gasteiger partial charge in [0.15, 0.2) is 11.9 Å². The van der Waals surface area contributed by atoms with Crippen molar-refractivity contribution in [2.75, 3.05) is 0 Å². The standard InChI is InChI=1S/C47H72N2O12/c1-8-32(43(52)53)34-17-14-18-37(57-34)39(48)41(51)29(6)40(50)33(9-2)42-27(4)25-28(5)46(60-42)24-21-38(58-44(54)49-26-31-15-12-11-13-16-31)47(61-46)23-20-36(59-47)35-19-22-45(55,10-3)30(7)56-35/h11-13,15-16,21,24,27-30,32-39,41-42,51,55H,8-10,14,17-20,22-23,25-26,48H2,1-7H3,(H,49,54)(H,52,53). The number of aliphatic carboxylic acids is 1. The number of aliphatic hydroxyl groups is 2. The summed E-state index contributed by atoms with van der Waals surface area (Å²) in [6.07, 6.45) is 4.01. The molecule has 5 aliphatic rings. The highest BCUT2D eigenvalue weighted by Crippen LogP contribution is 2.52. The quantitative estimate of drug-likeness (QED) is 0.125. The number of carbonyl (C=O) groups is 3. The van der Waals surface area contributed by atoms with Gasteiger partial charge in [0.2, 0.25) is 5.79 Å². The number of ether oxygens (including phenoxy) is 6. The molecule has 17 unspecified atom stereocenters. The molecular formula is C47H72N2O12. The van der Waals surface area contributed by atoms with Crippen molar-refractivity contribution < 1.29 is 58.1 Å². The smallest absolute Gasteiger partial charge is 0.408 e. The highest BCUT2D eigenvalue weighted by Gasteiger charge is 2.61. The molecule has 61 heavy (non-hydrogen) atoms. The predicted octanol–water partition coefficient (Wildman–Crippen LogP) is 6.18. The fourth-order valence-corrected chi connectivity index (χ4v) is 10.7. The van der Waals surface area contributed by atoms with Crippen LogP contribution in [-0.2, 0) is 44.6 Å². The number of hydrogen-bond donors (Lipinski definition) is 5. The average molecular weight is 857 g/mol. The van der Waals surface area contributed by atoms with E-state index in [1.807, 2.05) is 65.0 Å². The highest BCUT2D eigenvalue weighted by molar-refractivity contribution is 5.84. The fourth-order valence-electron chi connectivity index (χ4n) is 10.7. The molecule has 17 atom stereocenters. The fraction of sp³-hybridized carbons (Fsp3) is 0.766. The Morgan fingerprint density at radius 2 is 1.62 bits per heavy atom. The van der Waals surface area contributed by atoms with Crippen molar-refractivity contribution in [3.63, 3.8) is 0 Å². The van der Waals surface area contributed by atoms with Gasteiger partial charge in [0.25, 0.3) is 0 Å². The van der Waals surface area contributed by atoms with Crippen LogP contribution >= 0.6 is 0 Å². The predicted molar refractivity (Wildman–Crippen MR) is 226 cm³/mol. The number of benzene rings is 1. The average Bonchev–Trinajstić information content (AvgIpc) is 3.67. The lowest BCUT2D eigenvalue weighted by molar-refractivity contribution is -0.400. The van der Waals surface area contributed by atoms with Crippen LogP contribution in [0, 0.1) is 29.6 Å². The second-order valence-electron chi connectivity index (χ2n) is 18.6. The van der Waals surface area contributed by atoms with Gasteiger partial charge >= 0.3 is 12.1 Å². The summed E-state index contributed by atoms with van der Waals surface area (Å²) in [6.45, 7) is 13.7. The van der Waals surface area contributed by atoms with Gasteiger partial charge in [-0.3, -0.25) is 9.59 Å². The van der Waals surface area contributed by atoms with Crippen molar-refractivity contribution in [2.24, 2.45) is 35.3 Å². The molecule has 6 rings (SSSR count). The molecule has 342 valence electrons. The molecule has 1 amide bonds. The van der Waals surface area contributed by atoms with E-state index in [0.717, 1.165) is 5.56 Å². The molecule has 2 spiro atoms. The number of aliphatic hydroxyl groups excluding tert-OH is 1. The summed E-state index contributed by atoms with van der Waals surface area (Å²) in [5, 5.41) is 35.4. The Hall–Kier alpha value is -2.95. The number of carbonyl (C=O) groups excluding carboxylic acids is 2. The molecule has 5 aliphatic heterocycles. The van der Waals surface area contributed by atoms with E-state index in [4.69, 9.17) is 34.2 Å². The van der Waals surface area contributed by atoms with Gasteiger partial charge in [-0.15, -0.1) is 0 Å². The third-order valence-electron chi connectivity index (χ3n) is 14.7. The number of carboxylic acids is 1. The molecule has 0 radical (unpaired) electrons. The number of carboxylic acid groups (broad SMARTS) is 1. The zero-order valence-electron chi connectivity index (χ0n) is 37.2. The zero-order valence-corrected chi connectivity index (χ0v) is 37.2. The molecule has 4 fully saturated rings. The third-order valence-corrected chi connectivity index (χ3v) is 14.7. The first-order valence-electron chi connectivity index (χ1n) is 23.0. The van der Waals surface area contributed by atoms with Gasteiger partial charge in [-0.1, -0.05) is 71.9 Å². The van der Waals surface area contributed by atoms with Crippen molar-refractivity contribution in [3.8, 4) is 0 Å². The molecule has 5 heterocycles. The maximum absolute atomic E-state index is 14.5. The van der Waals surface area contributed by atoms with Crippen molar-refractivity contribution in [1.82, 2.24) is 5.32 Å². The molecule has 0 aliphatic carbocycles. The molecule has 14 nitrogen and oxygen atoms in total. The Labute approximate surface area is 361 Å². The summed E-state index contributed by atoms with van der Waals surface area (Å²) >= 11 is 0. The Morgan fingerprint density at radius 3 is 2.28 bits per heavy atom. The summed E-state index contributed by atoms with van der Waals surface area (Å²) in [7, 11) is 0. The number of Topliss-reactive ketones (excluding diaryl/α,β-unsaturated/α-hetero) is 1. The minimum absolute atomic E-state index is 0.0608. The highest BCUT2D eigenvalue weighted by atomic mass is 16.8. The lowest BCUT2D eigenvalue weighted by atomic mass is 9.73. The first-order chi connectivity index (χ1) is 29.0. The number of ketones is 1. The van der Waals surface area contributed by atoms with Crippen LogP contribution < -0.4 is 11.1 Å². The minimum Gasteiger partial charge on any atom is -0.481 e. The van der Waals surface area contributed by atoms with Gasteiger partial charge < -0.3 is 54.8 Å². The van der Waals surface area contributed by atoms with E-state index < -0.39 is 95.8 Å². The molecule has 0 saturated carbocycles. The van der Waals surface area contributed by atoms with Crippen LogP contribution in [0.3, 0.4) is 0 Å². The SMILES string of the molecule is CCC(C(=O)O)C1CCCC(C(N)C(O)C(C)C(=O)C(CC)C2OC3(C=CC(OC(=O)NCc4ccccc4)C4(CCC(C5CCC(O)(CC)C(C)O5)O4)O3)C(C)CC2C)O1. The Morgan fingerprint density at radius 1 is 0.934 bits per heavy atom. The number of hydrogen-bond acceptors (Lipinski definition) is 12. The van der Waals surface area contributed by atoms with Crippen molar-refractivity contribution in [1.29, 1.82) is 0 Å². The molecule has 1 aromatic rings. The summed E-state index contributed by atoms with van der Waals surface area (Å²) in [5.41, 5.74) is 6.63. The summed E-state index contributed by atoms with van der Waals surface area (Å²) in [6, 6.07) is 8.65. The van der Waals surface area contributed by atoms with Crippen molar-refractivity contribution >= 4 is 17.8 Å². The number of rotatable bonds is 15. The lowest BCUT2D eigenvalue weighted by Crippen LogP contribution is -2.63. The van der Waals surface area contributed by atoms with Gasteiger partial charge in [-0.2, -0.15) is 0 Å². The van der Waals surface area contributed by atoms with E-state index in [2.05, 4.69) is 12.2 Å². The van der Waals surface area contributed by atoms with Crippen LogP contribution in [0.25, 0.3) is 0 Å². The Bertz CT molecular complexity index is 1680. The van der Waals surface area contributed by atoms with E-state index in [1.54, 1.807) is 19.1 Å². The number of nitrogens with two attached hydrogens (primary N) is 1. The second-order valence-corrected chi connectivity index (χ2v) is 18.6. The molecule has 0 aromatic heterocycles. The van der Waals surface area contributed by atoms with E-state index in [1.165, 1.54) is 0 Å². The van der Waals surface area contributed by atoms with Gasteiger partial charge in [-0.05, 0) is 94.8 Å². The first kappa shape index (κ1) is 47.5. The van der Waals surface area contributed by atoms with Crippen LogP contribution in [0.4, 0.5) is 4.79 Å². The monoisotopic (exact) mass is 857 g/mol. The maximum atomic E-state index is 14.5. The summed E-state index contributed by atoms with van der Waals surface area (Å²) in [5.74, 6) is -6.28. The molecule has 0 bridgehead atoms. The summed E-state index contributed by atoms with van der Waals surface area (Å²) in [4.78, 5) is 39.8. The third kappa shape index (κ3) is 10.1. The van der Waals surface area contributed by atoms with Gasteiger partial charge in [0, 0.05) is 30.7 Å². The molecule has 4 saturated heterocycles. The largest absolute Gasteiger partial charge is 0.481 e. The molecule has 14 heteroatoms. The van der Waals surface area contributed by atoms with Crippen LogP contribution in [0.15, 0.2) is 42.5 Å². The van der Waals surface area contributed by atoms with E-state index in [-0.39, 0.29) is 30.3 Å². The molecule has 1 aromatic carbocycles. The van der Waals surface area contributed by atoms with Gasteiger partial charge in [0.05, 0.1) is 60.3 Å². The van der Waals surface area contributed by atoms with Gasteiger partial charge in [-0.25, -0.2) is 4.79 Å². The minimum atomic E-state index is -1.44. The van der Waals surface area contributed by atoms with Crippen LogP contribution in [-0.4, -0.2) is 105 Å². The van der Waals surface area contributed by atoms with Crippen LogP contribution in [0.1, 0.15) is 125 Å². The number of nitrogens with one attached hydrogen (secondary N) is 1.